The molecule has 0 N–H and O–H groups in total. The van der Waals surface area contributed by atoms with Crippen LogP contribution in [0.1, 0.15) is 21.1 Å². The van der Waals surface area contributed by atoms with Crippen LogP contribution in [0.25, 0.3) is 21.5 Å². The first-order valence-corrected chi connectivity index (χ1v) is 8.57. The van der Waals surface area contributed by atoms with Crippen molar-refractivity contribution in [2.45, 2.75) is 13.5 Å². The Balaban J connectivity index is 1.56. The van der Waals surface area contributed by atoms with Crippen molar-refractivity contribution in [1.82, 2.24) is 10.1 Å². The molecule has 4 rings (SSSR count). The molecular formula is C19H14N2O3S. The Hall–Kier alpha value is -2.99. The molecule has 0 atom stereocenters. The lowest BCUT2D eigenvalue weighted by Gasteiger charge is -2.03. The van der Waals surface area contributed by atoms with Gasteiger partial charge in [-0.15, -0.1) is 11.3 Å². The second-order valence-corrected chi connectivity index (χ2v) is 6.60. The SMILES string of the molecule is Cc1onc(-c2ccccc2)c1C(=O)OCc1nc2ccccc2s1. The number of nitrogens with zero attached hydrogens (tertiary/aromatic N) is 2. The van der Waals surface area contributed by atoms with E-state index in [0.717, 1.165) is 20.8 Å². The number of hydrogen-bond acceptors (Lipinski definition) is 6. The molecule has 0 amide bonds. The largest absolute Gasteiger partial charge is 0.455 e. The fourth-order valence-corrected chi connectivity index (χ4v) is 3.47. The van der Waals surface area contributed by atoms with Gasteiger partial charge in [0, 0.05) is 5.56 Å². The fraction of sp³-hybridized carbons (Fsp3) is 0.105. The fourth-order valence-electron chi connectivity index (χ4n) is 2.59. The molecule has 0 aliphatic rings. The molecule has 0 spiro atoms. The van der Waals surface area contributed by atoms with Crippen LogP contribution in [0, 0.1) is 6.92 Å². The van der Waals surface area contributed by atoms with E-state index in [1.54, 1.807) is 6.92 Å². The number of hydrogen-bond donors (Lipinski definition) is 0. The molecule has 0 aliphatic heterocycles. The third-order valence-electron chi connectivity index (χ3n) is 3.78. The molecule has 0 saturated carbocycles. The lowest BCUT2D eigenvalue weighted by molar-refractivity contribution is 0.0471. The number of aryl methyl sites for hydroxylation is 1. The van der Waals surface area contributed by atoms with Gasteiger partial charge in [0.2, 0.25) is 0 Å². The first kappa shape index (κ1) is 15.5. The van der Waals surface area contributed by atoms with Gasteiger partial charge in [-0.25, -0.2) is 9.78 Å². The van der Waals surface area contributed by atoms with Crippen molar-refractivity contribution in [3.8, 4) is 11.3 Å². The van der Waals surface area contributed by atoms with E-state index in [1.165, 1.54) is 11.3 Å². The number of carbonyl (C=O) groups is 1. The Morgan fingerprint density at radius 1 is 1.12 bits per heavy atom. The lowest BCUT2D eigenvalue weighted by atomic mass is 10.1. The minimum Gasteiger partial charge on any atom is -0.455 e. The van der Waals surface area contributed by atoms with E-state index in [4.69, 9.17) is 9.26 Å². The van der Waals surface area contributed by atoms with Crippen molar-refractivity contribution in [3.05, 3.63) is 70.9 Å². The number of thiazole rings is 1. The van der Waals surface area contributed by atoms with E-state index in [-0.39, 0.29) is 6.61 Å². The highest BCUT2D eigenvalue weighted by atomic mass is 32.1. The molecule has 0 unspecified atom stereocenters. The van der Waals surface area contributed by atoms with Gasteiger partial charge in [0.1, 0.15) is 28.6 Å². The maximum Gasteiger partial charge on any atom is 0.344 e. The van der Waals surface area contributed by atoms with Crippen molar-refractivity contribution in [2.75, 3.05) is 0 Å². The topological polar surface area (TPSA) is 65.2 Å². The van der Waals surface area contributed by atoms with Gasteiger partial charge < -0.3 is 9.26 Å². The summed E-state index contributed by atoms with van der Waals surface area (Å²) >= 11 is 1.51. The van der Waals surface area contributed by atoms with Crippen LogP contribution < -0.4 is 0 Å². The molecule has 124 valence electrons. The van der Waals surface area contributed by atoms with Crippen LogP contribution in [-0.4, -0.2) is 16.1 Å². The van der Waals surface area contributed by atoms with Crippen LogP contribution >= 0.6 is 11.3 Å². The van der Waals surface area contributed by atoms with Crippen molar-refractivity contribution in [1.29, 1.82) is 0 Å². The molecular weight excluding hydrogens is 336 g/mol. The molecule has 2 heterocycles. The van der Waals surface area contributed by atoms with E-state index in [0.29, 0.717) is 17.0 Å². The predicted octanol–water partition coefficient (Wildman–Crippen LogP) is 4.62. The van der Waals surface area contributed by atoms with Gasteiger partial charge in [-0.2, -0.15) is 0 Å². The van der Waals surface area contributed by atoms with Crippen LogP contribution in [0.3, 0.4) is 0 Å². The minimum absolute atomic E-state index is 0.122. The summed E-state index contributed by atoms with van der Waals surface area (Å²) in [5.74, 6) is -0.0231. The zero-order valence-corrected chi connectivity index (χ0v) is 14.2. The van der Waals surface area contributed by atoms with Gasteiger partial charge in [-0.1, -0.05) is 47.6 Å². The zero-order valence-electron chi connectivity index (χ0n) is 13.4. The monoisotopic (exact) mass is 350 g/mol. The van der Waals surface area contributed by atoms with Gasteiger partial charge >= 0.3 is 5.97 Å². The van der Waals surface area contributed by atoms with E-state index < -0.39 is 5.97 Å². The highest BCUT2D eigenvalue weighted by Crippen LogP contribution is 2.27. The molecule has 2 aromatic heterocycles. The molecule has 0 fully saturated rings. The maximum absolute atomic E-state index is 12.6. The third kappa shape index (κ3) is 3.04. The number of esters is 1. The molecule has 2 aromatic carbocycles. The Bertz CT molecular complexity index is 1000. The summed E-state index contributed by atoms with van der Waals surface area (Å²) in [6, 6.07) is 17.3. The van der Waals surface area contributed by atoms with Gasteiger partial charge in [-0.3, -0.25) is 0 Å². The summed E-state index contributed by atoms with van der Waals surface area (Å²) < 4.78 is 11.7. The van der Waals surface area contributed by atoms with Crippen molar-refractivity contribution < 1.29 is 14.1 Å². The summed E-state index contributed by atoms with van der Waals surface area (Å²) in [6.45, 7) is 1.82. The number of aromatic nitrogens is 2. The third-order valence-corrected chi connectivity index (χ3v) is 4.79. The van der Waals surface area contributed by atoms with Gasteiger partial charge in [0.15, 0.2) is 0 Å². The number of ether oxygens (including phenoxy) is 1. The Morgan fingerprint density at radius 2 is 1.88 bits per heavy atom. The second kappa shape index (κ2) is 6.49. The zero-order chi connectivity index (χ0) is 17.2. The standard InChI is InChI=1S/C19H14N2O3S/c1-12-17(18(21-24-12)13-7-3-2-4-8-13)19(22)23-11-16-20-14-9-5-6-10-15(14)25-16/h2-10H,11H2,1H3. The lowest BCUT2D eigenvalue weighted by Crippen LogP contribution is -2.07. The summed E-state index contributed by atoms with van der Waals surface area (Å²) in [6.07, 6.45) is 0. The number of para-hydroxylation sites is 1. The van der Waals surface area contributed by atoms with E-state index in [1.807, 2.05) is 54.6 Å². The predicted molar refractivity (Wildman–Crippen MR) is 95.4 cm³/mol. The van der Waals surface area contributed by atoms with Gasteiger partial charge in [-0.05, 0) is 19.1 Å². The smallest absolute Gasteiger partial charge is 0.344 e. The summed E-state index contributed by atoms with van der Waals surface area (Å²) in [7, 11) is 0. The van der Waals surface area contributed by atoms with E-state index in [9.17, 15) is 4.79 Å². The van der Waals surface area contributed by atoms with Crippen LogP contribution in [0.4, 0.5) is 0 Å². The first-order chi connectivity index (χ1) is 12.2. The molecule has 6 heteroatoms. The molecule has 0 radical (unpaired) electrons. The Labute approximate surface area is 147 Å². The molecule has 0 bridgehead atoms. The quantitative estimate of drug-likeness (QED) is 0.503. The van der Waals surface area contributed by atoms with Crippen molar-refractivity contribution >= 4 is 27.5 Å². The number of carbonyl (C=O) groups excluding carboxylic acids is 1. The first-order valence-electron chi connectivity index (χ1n) is 7.75. The second-order valence-electron chi connectivity index (χ2n) is 5.48. The molecule has 0 saturated heterocycles. The van der Waals surface area contributed by atoms with E-state index in [2.05, 4.69) is 10.1 Å². The van der Waals surface area contributed by atoms with Crippen LogP contribution in [0.5, 0.6) is 0 Å². The van der Waals surface area contributed by atoms with Crippen LogP contribution in [0.2, 0.25) is 0 Å². The minimum atomic E-state index is -0.461. The van der Waals surface area contributed by atoms with Crippen LogP contribution in [-0.2, 0) is 11.3 Å². The van der Waals surface area contributed by atoms with E-state index >= 15 is 0 Å². The average Bonchev–Trinajstić information content (AvgIpc) is 3.23. The van der Waals surface area contributed by atoms with Crippen molar-refractivity contribution in [3.63, 3.8) is 0 Å². The molecule has 25 heavy (non-hydrogen) atoms. The normalized spacial score (nSPS) is 10.9. The van der Waals surface area contributed by atoms with Crippen LogP contribution in [0.15, 0.2) is 59.1 Å². The molecule has 5 nitrogen and oxygen atoms in total. The summed E-state index contributed by atoms with van der Waals surface area (Å²) in [5, 5.41) is 4.76. The summed E-state index contributed by atoms with van der Waals surface area (Å²) in [4.78, 5) is 17.0. The maximum atomic E-state index is 12.6. The van der Waals surface area contributed by atoms with Gasteiger partial charge in [0.25, 0.3) is 0 Å². The summed E-state index contributed by atoms with van der Waals surface area (Å²) in [5.41, 5.74) is 2.57. The van der Waals surface area contributed by atoms with Gasteiger partial charge in [0.05, 0.1) is 10.2 Å². The number of rotatable bonds is 4. The average molecular weight is 350 g/mol. The molecule has 4 aromatic rings. The highest BCUT2D eigenvalue weighted by molar-refractivity contribution is 7.18. The van der Waals surface area contributed by atoms with Crippen molar-refractivity contribution in [2.24, 2.45) is 0 Å². The number of benzene rings is 2. The highest BCUT2D eigenvalue weighted by Gasteiger charge is 2.23. The Morgan fingerprint density at radius 3 is 2.68 bits per heavy atom. The molecule has 0 aliphatic carbocycles. The Kier molecular flexibility index (Phi) is 4.03. The number of fused-ring (bicyclic) bond motifs is 1.